The van der Waals surface area contributed by atoms with Gasteiger partial charge in [-0.25, -0.2) is 8.78 Å². The van der Waals surface area contributed by atoms with Gasteiger partial charge in [-0.3, -0.25) is 19.3 Å². The smallest absolute Gasteiger partial charge is 0.255 e. The molecule has 10 nitrogen and oxygen atoms in total. The predicted octanol–water partition coefficient (Wildman–Crippen LogP) is 1.37. The molecule has 40 heavy (non-hydrogen) atoms. The lowest BCUT2D eigenvalue weighted by Gasteiger charge is -2.52. The van der Waals surface area contributed by atoms with Crippen molar-refractivity contribution >= 4 is 29.1 Å². The molecule has 0 aromatic heterocycles. The fraction of sp³-hybridized carbons (Fsp3) is 0.250. The average molecular weight is 555 g/mol. The molecule has 0 fully saturated rings. The van der Waals surface area contributed by atoms with Gasteiger partial charge in [0.05, 0.1) is 29.2 Å². The third-order valence-electron chi connectivity index (χ3n) is 7.74. The molecule has 0 saturated carbocycles. The van der Waals surface area contributed by atoms with Gasteiger partial charge in [-0.2, -0.15) is 0 Å². The number of primary amides is 1. The summed E-state index contributed by atoms with van der Waals surface area (Å²) in [4.78, 5) is 40.6. The summed E-state index contributed by atoms with van der Waals surface area (Å²) in [7, 11) is 2.81. The quantitative estimate of drug-likeness (QED) is 0.305. The van der Waals surface area contributed by atoms with Crippen LogP contribution >= 0.6 is 0 Å². The summed E-state index contributed by atoms with van der Waals surface area (Å²) in [6.45, 7) is 0. The van der Waals surface area contributed by atoms with Crippen molar-refractivity contribution in [3.8, 4) is 5.75 Å². The predicted molar refractivity (Wildman–Crippen MR) is 136 cm³/mol. The molecule has 0 bridgehead atoms. The van der Waals surface area contributed by atoms with E-state index in [1.807, 2.05) is 0 Å². The number of carbonyl (C=O) groups excluding carboxylic acids is 3. The number of rotatable bonds is 3. The number of ketones is 2. The Morgan fingerprint density at radius 2 is 1.70 bits per heavy atom. The van der Waals surface area contributed by atoms with Crippen molar-refractivity contribution in [2.45, 2.75) is 17.7 Å². The highest BCUT2D eigenvalue weighted by Crippen LogP contribution is 2.55. The van der Waals surface area contributed by atoms with E-state index in [9.17, 15) is 48.7 Å². The van der Waals surface area contributed by atoms with Gasteiger partial charge in [0.1, 0.15) is 34.5 Å². The maximum atomic E-state index is 14.1. The SMILES string of the molecule is CN(C)[C@H]1C(O)=C(C(N)=O)C(=O)[C@]2(O)C(O)=C3C(=O)c4c(O)cccc4/C(=C\c4cc(F)cc(F)c4)[C@@H]3[C@@H](O)[C@H]12. The number of nitrogens with zero attached hydrogens (tertiary/aromatic N) is 1. The van der Waals surface area contributed by atoms with E-state index in [1.165, 1.54) is 43.3 Å². The van der Waals surface area contributed by atoms with E-state index < -0.39 is 87.1 Å². The minimum absolute atomic E-state index is 0.0146. The molecule has 5 rings (SSSR count). The largest absolute Gasteiger partial charge is 0.510 e. The molecule has 0 heterocycles. The minimum atomic E-state index is -3.09. The number of benzene rings is 2. The van der Waals surface area contributed by atoms with Gasteiger partial charge < -0.3 is 31.3 Å². The average Bonchev–Trinajstić information content (AvgIpc) is 2.84. The number of aliphatic hydroxyl groups excluding tert-OH is 3. The number of hydrogen-bond donors (Lipinski definition) is 6. The standard InChI is InChI=1S/C28H24F2N2O8/c1-32(2)21-20-23(35)17-14(8-10-6-11(29)9-12(30)7-10)13-4-3-5-15(33)16(13)22(34)18(17)25(37)28(20,40)26(38)19(24(21)36)27(31)39/h3-9,17,20-21,23,33,35-37,40H,1-2H3,(H2,31,39)/b14-8+/t17-,20-,21+,23+,28+/m0/s1. The second-order valence-corrected chi connectivity index (χ2v) is 10.2. The number of carbonyl (C=O) groups is 3. The van der Waals surface area contributed by atoms with E-state index in [-0.39, 0.29) is 22.3 Å². The lowest BCUT2D eigenvalue weighted by Crippen LogP contribution is -2.68. The van der Waals surface area contributed by atoms with Crippen molar-refractivity contribution in [2.24, 2.45) is 17.6 Å². The van der Waals surface area contributed by atoms with Crippen LogP contribution in [0.1, 0.15) is 21.5 Å². The van der Waals surface area contributed by atoms with Gasteiger partial charge in [-0.15, -0.1) is 0 Å². The van der Waals surface area contributed by atoms with Crippen molar-refractivity contribution in [2.75, 3.05) is 14.1 Å². The van der Waals surface area contributed by atoms with E-state index in [0.29, 0.717) is 6.07 Å². The van der Waals surface area contributed by atoms with Gasteiger partial charge in [-0.05, 0) is 49.0 Å². The first-order valence-electron chi connectivity index (χ1n) is 12.0. The third-order valence-corrected chi connectivity index (χ3v) is 7.74. The molecule has 0 unspecified atom stereocenters. The first-order valence-corrected chi connectivity index (χ1v) is 12.0. The molecular formula is C28H24F2N2O8. The topological polar surface area (TPSA) is 182 Å². The van der Waals surface area contributed by atoms with Crippen molar-refractivity contribution in [3.05, 3.63) is 87.4 Å². The summed E-state index contributed by atoms with van der Waals surface area (Å²) in [5.74, 6) is -11.7. The Kier molecular flexibility index (Phi) is 6.17. The van der Waals surface area contributed by atoms with Gasteiger partial charge in [0, 0.05) is 12.0 Å². The van der Waals surface area contributed by atoms with Crippen molar-refractivity contribution in [1.29, 1.82) is 0 Å². The first kappa shape index (κ1) is 27.2. The van der Waals surface area contributed by atoms with Crippen LogP contribution in [0.2, 0.25) is 0 Å². The maximum Gasteiger partial charge on any atom is 0.255 e. The number of likely N-dealkylation sites (N-methyl/N-ethyl adjacent to an activating group) is 1. The zero-order valence-electron chi connectivity index (χ0n) is 21.1. The highest BCUT2D eigenvalue weighted by atomic mass is 19.1. The molecule has 0 aliphatic heterocycles. The van der Waals surface area contributed by atoms with Crippen molar-refractivity contribution < 1.29 is 48.7 Å². The van der Waals surface area contributed by atoms with Gasteiger partial charge in [0.25, 0.3) is 5.91 Å². The zero-order valence-corrected chi connectivity index (χ0v) is 21.1. The summed E-state index contributed by atoms with van der Waals surface area (Å²) < 4.78 is 28.1. The summed E-state index contributed by atoms with van der Waals surface area (Å²) in [6, 6.07) is 5.10. The van der Waals surface area contributed by atoms with Crippen LogP contribution in [0.4, 0.5) is 8.78 Å². The molecule has 3 aliphatic carbocycles. The van der Waals surface area contributed by atoms with Crippen molar-refractivity contribution in [1.82, 2.24) is 4.90 Å². The Morgan fingerprint density at radius 3 is 2.27 bits per heavy atom. The van der Waals surface area contributed by atoms with Gasteiger partial charge in [0.15, 0.2) is 11.4 Å². The number of phenols is 1. The van der Waals surface area contributed by atoms with Crippen LogP contribution in [-0.4, -0.2) is 79.7 Å². The number of fused-ring (bicyclic) bond motifs is 3. The Hall–Kier alpha value is -4.39. The van der Waals surface area contributed by atoms with Gasteiger partial charge in [0.2, 0.25) is 5.78 Å². The molecule has 7 N–H and O–H groups in total. The van der Waals surface area contributed by atoms with Crippen LogP contribution in [0.25, 0.3) is 11.6 Å². The van der Waals surface area contributed by atoms with E-state index in [0.717, 1.165) is 12.1 Å². The number of phenolic OH excluding ortho intramolecular Hbond substituents is 1. The molecule has 2 aromatic carbocycles. The van der Waals surface area contributed by atoms with Crippen LogP contribution < -0.4 is 5.73 Å². The number of Topliss-reactive ketones (excluding diaryl/α,β-unsaturated/α-hetero) is 2. The minimum Gasteiger partial charge on any atom is -0.510 e. The zero-order chi connectivity index (χ0) is 29.4. The lowest BCUT2D eigenvalue weighted by atomic mass is 9.56. The van der Waals surface area contributed by atoms with Crippen LogP contribution in [0, 0.1) is 23.5 Å². The molecule has 0 saturated heterocycles. The monoisotopic (exact) mass is 554 g/mol. The number of nitrogens with two attached hydrogens (primary N) is 1. The maximum absolute atomic E-state index is 14.1. The van der Waals surface area contributed by atoms with Crippen LogP contribution in [0.3, 0.4) is 0 Å². The summed E-state index contributed by atoms with van der Waals surface area (Å²) in [5.41, 5.74) is 0.186. The Balaban J connectivity index is 1.88. The fourth-order valence-electron chi connectivity index (χ4n) is 6.15. The third kappa shape index (κ3) is 3.60. The number of halogens is 2. The molecule has 2 aromatic rings. The second-order valence-electron chi connectivity index (χ2n) is 10.2. The highest BCUT2D eigenvalue weighted by molar-refractivity contribution is 6.25. The molecule has 5 atom stereocenters. The normalized spacial score (nSPS) is 29.0. The van der Waals surface area contributed by atoms with E-state index >= 15 is 0 Å². The lowest BCUT2D eigenvalue weighted by molar-refractivity contribution is -0.159. The van der Waals surface area contributed by atoms with Crippen molar-refractivity contribution in [3.63, 3.8) is 0 Å². The van der Waals surface area contributed by atoms with E-state index in [1.54, 1.807) is 0 Å². The van der Waals surface area contributed by atoms with Crippen LogP contribution in [-0.2, 0) is 9.59 Å². The number of amides is 1. The van der Waals surface area contributed by atoms with E-state index in [2.05, 4.69) is 0 Å². The van der Waals surface area contributed by atoms with Gasteiger partial charge in [-0.1, -0.05) is 18.2 Å². The molecule has 3 aliphatic rings. The molecule has 12 heteroatoms. The van der Waals surface area contributed by atoms with E-state index in [4.69, 9.17) is 5.73 Å². The summed E-state index contributed by atoms with van der Waals surface area (Å²) >= 11 is 0. The molecule has 0 radical (unpaired) electrons. The number of hydrogen-bond acceptors (Lipinski definition) is 9. The highest BCUT2D eigenvalue weighted by Gasteiger charge is 2.67. The van der Waals surface area contributed by atoms with Crippen LogP contribution in [0.5, 0.6) is 5.75 Å². The second kappa shape index (κ2) is 9.08. The molecule has 0 spiro atoms. The molecule has 1 amide bonds. The summed E-state index contributed by atoms with van der Waals surface area (Å²) in [6.07, 6.45) is -0.671. The first-order chi connectivity index (χ1) is 18.7. The molecule has 208 valence electrons. The number of aromatic hydroxyl groups is 1. The Labute approximate surface area is 225 Å². The fourth-order valence-corrected chi connectivity index (χ4v) is 6.15. The van der Waals surface area contributed by atoms with Gasteiger partial charge >= 0.3 is 0 Å². The van der Waals surface area contributed by atoms with Crippen LogP contribution in [0.15, 0.2) is 59.1 Å². The number of aliphatic hydroxyl groups is 4. The molecular weight excluding hydrogens is 530 g/mol. The Morgan fingerprint density at radius 1 is 1.07 bits per heavy atom. The Bertz CT molecular complexity index is 1590. The summed E-state index contributed by atoms with van der Waals surface area (Å²) in [5, 5.41) is 56.5.